The molecule has 0 unspecified atom stereocenters. The number of carbonyl (C=O) groups is 1. The third kappa shape index (κ3) is 4.51. The van der Waals surface area contributed by atoms with Crippen LogP contribution in [0.5, 0.6) is 0 Å². The van der Waals surface area contributed by atoms with E-state index >= 15 is 0 Å². The van der Waals surface area contributed by atoms with E-state index in [1.165, 1.54) is 25.7 Å². The van der Waals surface area contributed by atoms with Crippen molar-refractivity contribution in [1.29, 1.82) is 0 Å². The molecule has 1 aliphatic carbocycles. The fourth-order valence-electron chi connectivity index (χ4n) is 4.16. The van der Waals surface area contributed by atoms with E-state index in [-0.39, 0.29) is 11.8 Å². The number of hydrogen-bond acceptors (Lipinski definition) is 4. The fourth-order valence-corrected chi connectivity index (χ4v) is 4.16. The first kappa shape index (κ1) is 18.2. The number of carbonyl (C=O) groups excluding carboxylic acids is 1. The van der Waals surface area contributed by atoms with Crippen molar-refractivity contribution in [1.82, 2.24) is 9.88 Å². The summed E-state index contributed by atoms with van der Waals surface area (Å²) in [4.78, 5) is 21.8. The minimum atomic E-state index is 0.0894. The van der Waals surface area contributed by atoms with E-state index in [0.29, 0.717) is 0 Å². The molecule has 1 aliphatic heterocycles. The molecule has 0 bridgehead atoms. The van der Waals surface area contributed by atoms with Crippen LogP contribution in [0.2, 0.25) is 0 Å². The lowest BCUT2D eigenvalue weighted by Gasteiger charge is -2.38. The highest BCUT2D eigenvalue weighted by molar-refractivity contribution is 5.92. The molecular formula is C20H32N4O. The molecule has 1 aromatic rings. The van der Waals surface area contributed by atoms with Crippen molar-refractivity contribution in [2.24, 2.45) is 5.92 Å². The second kappa shape index (κ2) is 8.65. The quantitative estimate of drug-likeness (QED) is 0.858. The summed E-state index contributed by atoms with van der Waals surface area (Å²) in [5.74, 6) is 1.19. The predicted octanol–water partition coefficient (Wildman–Crippen LogP) is 3.52. The van der Waals surface area contributed by atoms with Gasteiger partial charge in [0.25, 0.3) is 0 Å². The highest BCUT2D eigenvalue weighted by Gasteiger charge is 2.26. The first-order valence-electron chi connectivity index (χ1n) is 9.97. The van der Waals surface area contributed by atoms with Gasteiger partial charge in [-0.2, -0.15) is 0 Å². The van der Waals surface area contributed by atoms with E-state index < -0.39 is 0 Å². The molecule has 5 heteroatoms. The predicted molar refractivity (Wildman–Crippen MR) is 103 cm³/mol. The number of nitrogens with zero attached hydrogens (tertiary/aromatic N) is 3. The van der Waals surface area contributed by atoms with Crippen LogP contribution in [0.3, 0.4) is 0 Å². The molecule has 1 aromatic heterocycles. The van der Waals surface area contributed by atoms with Crippen LogP contribution in [0, 0.1) is 5.92 Å². The molecule has 2 fully saturated rings. The zero-order chi connectivity index (χ0) is 17.6. The van der Waals surface area contributed by atoms with Gasteiger partial charge >= 0.3 is 0 Å². The number of amides is 1. The number of pyridine rings is 1. The lowest BCUT2D eigenvalue weighted by atomic mass is 10.0. The van der Waals surface area contributed by atoms with Crippen LogP contribution in [0.15, 0.2) is 18.3 Å². The molecule has 0 radical (unpaired) electrons. The van der Waals surface area contributed by atoms with Crippen LogP contribution in [0.1, 0.15) is 52.4 Å². The Morgan fingerprint density at radius 1 is 1.20 bits per heavy atom. The van der Waals surface area contributed by atoms with E-state index in [4.69, 9.17) is 0 Å². The highest BCUT2D eigenvalue weighted by atomic mass is 16.1. The molecule has 1 amide bonds. The Bertz CT molecular complexity index is 559. The zero-order valence-electron chi connectivity index (χ0n) is 15.7. The molecule has 0 aromatic carbocycles. The number of piperazine rings is 1. The average Bonchev–Trinajstić information content (AvgIpc) is 3.18. The molecule has 25 heavy (non-hydrogen) atoms. The molecule has 0 atom stereocenters. The summed E-state index contributed by atoms with van der Waals surface area (Å²) < 4.78 is 0. The van der Waals surface area contributed by atoms with E-state index in [1.54, 1.807) is 6.20 Å². The van der Waals surface area contributed by atoms with Crippen molar-refractivity contribution >= 4 is 17.4 Å². The monoisotopic (exact) mass is 344 g/mol. The first-order valence-corrected chi connectivity index (χ1v) is 9.97. The minimum absolute atomic E-state index is 0.0894. The standard InChI is InChI=1S/C20H32N4O/c1-3-16(4-2)20(25)22-17-9-10-21-19(15-17)24-13-11-23(12-14-24)18-7-5-6-8-18/h9-10,15-16,18H,3-8,11-14H2,1-2H3,(H,21,22,25). The lowest BCUT2D eigenvalue weighted by molar-refractivity contribution is -0.120. The maximum Gasteiger partial charge on any atom is 0.227 e. The summed E-state index contributed by atoms with van der Waals surface area (Å²) in [5.41, 5.74) is 0.861. The topological polar surface area (TPSA) is 48.5 Å². The van der Waals surface area contributed by atoms with Gasteiger partial charge in [0, 0.05) is 56.1 Å². The van der Waals surface area contributed by atoms with Gasteiger partial charge in [-0.3, -0.25) is 9.69 Å². The van der Waals surface area contributed by atoms with E-state index in [1.807, 2.05) is 12.1 Å². The van der Waals surface area contributed by atoms with Crippen LogP contribution >= 0.6 is 0 Å². The third-order valence-electron chi connectivity index (χ3n) is 5.85. The summed E-state index contributed by atoms with van der Waals surface area (Å²) in [5, 5.41) is 3.06. The minimum Gasteiger partial charge on any atom is -0.354 e. The highest BCUT2D eigenvalue weighted by Crippen LogP contribution is 2.26. The number of nitrogens with one attached hydrogen (secondary N) is 1. The zero-order valence-corrected chi connectivity index (χ0v) is 15.7. The van der Waals surface area contributed by atoms with Gasteiger partial charge in [-0.1, -0.05) is 26.7 Å². The van der Waals surface area contributed by atoms with Gasteiger partial charge < -0.3 is 10.2 Å². The Morgan fingerprint density at radius 2 is 1.88 bits per heavy atom. The van der Waals surface area contributed by atoms with E-state index in [0.717, 1.165) is 56.6 Å². The Kier molecular flexibility index (Phi) is 6.29. The summed E-state index contributed by atoms with van der Waals surface area (Å²) in [7, 11) is 0. The first-order chi connectivity index (χ1) is 12.2. The molecule has 3 rings (SSSR count). The number of hydrogen-bond donors (Lipinski definition) is 1. The van der Waals surface area contributed by atoms with Gasteiger partial charge in [-0.15, -0.1) is 0 Å². The summed E-state index contributed by atoms with van der Waals surface area (Å²) in [6.45, 7) is 8.42. The van der Waals surface area contributed by atoms with Gasteiger partial charge in [0.2, 0.25) is 5.91 Å². The summed E-state index contributed by atoms with van der Waals surface area (Å²) >= 11 is 0. The molecule has 138 valence electrons. The summed E-state index contributed by atoms with van der Waals surface area (Å²) in [6.07, 6.45) is 9.09. The Morgan fingerprint density at radius 3 is 2.52 bits per heavy atom. The van der Waals surface area contributed by atoms with Crippen LogP contribution in [0.4, 0.5) is 11.5 Å². The van der Waals surface area contributed by atoms with Crippen molar-refractivity contribution in [3.05, 3.63) is 18.3 Å². The van der Waals surface area contributed by atoms with Crippen molar-refractivity contribution in [2.45, 2.75) is 58.4 Å². The second-order valence-corrected chi connectivity index (χ2v) is 7.37. The molecule has 1 saturated carbocycles. The van der Waals surface area contributed by atoms with Crippen molar-refractivity contribution in [3.63, 3.8) is 0 Å². The van der Waals surface area contributed by atoms with Crippen molar-refractivity contribution < 1.29 is 4.79 Å². The van der Waals surface area contributed by atoms with Crippen molar-refractivity contribution in [2.75, 3.05) is 36.4 Å². The fraction of sp³-hybridized carbons (Fsp3) is 0.700. The molecule has 5 nitrogen and oxygen atoms in total. The Hall–Kier alpha value is -1.62. The van der Waals surface area contributed by atoms with Crippen LogP contribution in [-0.2, 0) is 4.79 Å². The lowest BCUT2D eigenvalue weighted by Crippen LogP contribution is -2.50. The molecule has 1 N–H and O–H groups in total. The van der Waals surface area contributed by atoms with Crippen LogP contribution < -0.4 is 10.2 Å². The Balaban J connectivity index is 1.57. The van der Waals surface area contributed by atoms with Crippen LogP contribution in [-0.4, -0.2) is 48.0 Å². The third-order valence-corrected chi connectivity index (χ3v) is 5.85. The number of aromatic nitrogens is 1. The molecule has 2 heterocycles. The summed E-state index contributed by atoms with van der Waals surface area (Å²) in [6, 6.07) is 4.71. The average molecular weight is 345 g/mol. The van der Waals surface area contributed by atoms with E-state index in [2.05, 4.69) is 33.9 Å². The molecule has 0 spiro atoms. The number of anilines is 2. The second-order valence-electron chi connectivity index (χ2n) is 7.37. The number of rotatable bonds is 6. The molecule has 1 saturated heterocycles. The van der Waals surface area contributed by atoms with Gasteiger partial charge in [0.15, 0.2) is 0 Å². The van der Waals surface area contributed by atoms with Gasteiger partial charge in [0.05, 0.1) is 0 Å². The SMILES string of the molecule is CCC(CC)C(=O)Nc1ccnc(N2CCN(C3CCCC3)CC2)c1. The smallest absolute Gasteiger partial charge is 0.227 e. The maximum absolute atomic E-state index is 12.3. The molecule has 2 aliphatic rings. The van der Waals surface area contributed by atoms with Gasteiger partial charge in [0.1, 0.15) is 5.82 Å². The van der Waals surface area contributed by atoms with Gasteiger partial charge in [-0.25, -0.2) is 4.98 Å². The normalized spacial score (nSPS) is 19.6. The molecular weight excluding hydrogens is 312 g/mol. The van der Waals surface area contributed by atoms with Gasteiger partial charge in [-0.05, 0) is 31.7 Å². The Labute approximate surface area is 151 Å². The van der Waals surface area contributed by atoms with E-state index in [9.17, 15) is 4.79 Å². The maximum atomic E-state index is 12.3. The van der Waals surface area contributed by atoms with Crippen LogP contribution in [0.25, 0.3) is 0 Å². The largest absolute Gasteiger partial charge is 0.354 e. The van der Waals surface area contributed by atoms with Crippen molar-refractivity contribution in [3.8, 4) is 0 Å².